The number of nitrogens with zero attached hydrogens (tertiary/aromatic N) is 1. The first kappa shape index (κ1) is 32.4. The maximum Gasteiger partial charge on any atom is 0.259 e. The zero-order valence-corrected chi connectivity index (χ0v) is 28.3. The Balaban J connectivity index is 1.42. The lowest BCUT2D eigenvalue weighted by molar-refractivity contribution is 0.102. The number of hydrogen-bond acceptors (Lipinski definition) is 5. The van der Waals surface area contributed by atoms with Crippen LogP contribution in [0.2, 0.25) is 15.1 Å². The summed E-state index contributed by atoms with van der Waals surface area (Å²) in [5, 5.41) is 5.49. The lowest BCUT2D eigenvalue weighted by Gasteiger charge is -2.33. The summed E-state index contributed by atoms with van der Waals surface area (Å²) in [4.78, 5) is 19.8. The predicted octanol–water partition coefficient (Wildman–Crippen LogP) is 10.8. The number of carbonyl (C=O) groups excluding carboxylic acids is 1. The summed E-state index contributed by atoms with van der Waals surface area (Å²) in [6.07, 6.45) is 4.61. The third-order valence-corrected chi connectivity index (χ3v) is 9.80. The first-order valence-corrected chi connectivity index (χ1v) is 16.6. The molecule has 9 heteroatoms. The van der Waals surface area contributed by atoms with Gasteiger partial charge >= 0.3 is 0 Å². The van der Waals surface area contributed by atoms with Crippen LogP contribution in [0.1, 0.15) is 66.0 Å². The first-order chi connectivity index (χ1) is 21.0. The van der Waals surface area contributed by atoms with E-state index in [-0.39, 0.29) is 17.9 Å². The van der Waals surface area contributed by atoms with Crippen LogP contribution in [0, 0.1) is 11.3 Å². The molecule has 1 aliphatic rings. The number of benzene rings is 3. The van der Waals surface area contributed by atoms with Gasteiger partial charge < -0.3 is 14.8 Å². The molecule has 1 aromatic heterocycles. The fourth-order valence-corrected chi connectivity index (χ4v) is 7.14. The van der Waals surface area contributed by atoms with E-state index in [0.29, 0.717) is 55.3 Å². The van der Waals surface area contributed by atoms with Crippen LogP contribution in [0.4, 0.5) is 10.7 Å². The molecule has 0 radical (unpaired) electrons. The number of nitrogens with one attached hydrogen (secondary N) is 1. The molecule has 0 saturated heterocycles. The van der Waals surface area contributed by atoms with Gasteiger partial charge in [-0.1, -0.05) is 61.6 Å². The average Bonchev–Trinajstić information content (AvgIpc) is 3.35. The van der Waals surface area contributed by atoms with Crippen molar-refractivity contribution in [3.63, 3.8) is 0 Å². The number of rotatable bonds is 9. The van der Waals surface area contributed by atoms with Crippen molar-refractivity contribution in [1.29, 1.82) is 0 Å². The van der Waals surface area contributed by atoms with Gasteiger partial charge in [-0.2, -0.15) is 0 Å². The quantitative estimate of drug-likeness (QED) is 0.180. The van der Waals surface area contributed by atoms with E-state index in [1.54, 1.807) is 53.9 Å². The van der Waals surface area contributed by atoms with Crippen LogP contribution in [0.5, 0.6) is 11.5 Å². The Kier molecular flexibility index (Phi) is 10.3. The van der Waals surface area contributed by atoms with Crippen LogP contribution >= 0.6 is 46.1 Å². The van der Waals surface area contributed by atoms with Gasteiger partial charge in [-0.05, 0) is 103 Å². The van der Waals surface area contributed by atoms with E-state index >= 15 is 0 Å². The molecule has 0 saturated carbocycles. The van der Waals surface area contributed by atoms with Crippen molar-refractivity contribution in [2.45, 2.75) is 53.6 Å². The van der Waals surface area contributed by atoms with Gasteiger partial charge in [0.15, 0.2) is 11.5 Å². The van der Waals surface area contributed by atoms with Crippen LogP contribution in [0.15, 0.2) is 65.7 Å². The summed E-state index contributed by atoms with van der Waals surface area (Å²) in [5.41, 5.74) is 4.28. The van der Waals surface area contributed by atoms with E-state index in [1.165, 1.54) is 4.88 Å². The van der Waals surface area contributed by atoms with E-state index in [2.05, 4.69) is 26.1 Å². The molecule has 1 aliphatic carbocycles. The third kappa shape index (κ3) is 7.78. The number of carbonyl (C=O) groups is 1. The summed E-state index contributed by atoms with van der Waals surface area (Å²) in [7, 11) is 0. The second-order valence-electron chi connectivity index (χ2n) is 11.9. The second kappa shape index (κ2) is 13.9. The second-order valence-corrected chi connectivity index (χ2v) is 14.2. The molecule has 1 atom stereocenters. The van der Waals surface area contributed by atoms with Crippen molar-refractivity contribution in [2.75, 3.05) is 11.9 Å². The molecule has 5 rings (SSSR count). The van der Waals surface area contributed by atoms with Gasteiger partial charge in [-0.25, -0.2) is 4.99 Å². The molecule has 1 heterocycles. The molecule has 0 unspecified atom stereocenters. The van der Waals surface area contributed by atoms with Crippen molar-refractivity contribution in [3.05, 3.63) is 103 Å². The van der Waals surface area contributed by atoms with Crippen LogP contribution in [0.25, 0.3) is 0 Å². The number of thiophene rings is 1. The Morgan fingerprint density at radius 2 is 1.75 bits per heavy atom. The maximum absolute atomic E-state index is 13.7. The minimum Gasteiger partial charge on any atom is -0.490 e. The topological polar surface area (TPSA) is 59.9 Å². The molecule has 0 spiro atoms. The Morgan fingerprint density at radius 1 is 1.00 bits per heavy atom. The van der Waals surface area contributed by atoms with E-state index in [1.807, 2.05) is 31.2 Å². The van der Waals surface area contributed by atoms with Crippen molar-refractivity contribution < 1.29 is 14.3 Å². The Bertz CT molecular complexity index is 1680. The normalized spacial score (nSPS) is 14.8. The van der Waals surface area contributed by atoms with E-state index in [0.717, 1.165) is 36.0 Å². The molecule has 4 aromatic rings. The molecular weight excluding hydrogens is 635 g/mol. The number of hydrogen-bond donors (Lipinski definition) is 1. The Hall–Kier alpha value is -3.03. The number of aliphatic imine (C=N–C) groups is 1. The number of amides is 1. The third-order valence-electron chi connectivity index (χ3n) is 7.80. The van der Waals surface area contributed by atoms with Crippen molar-refractivity contribution in [3.8, 4) is 11.5 Å². The molecular formula is C35H35Cl3N2O3S. The molecule has 5 nitrogen and oxygen atoms in total. The summed E-state index contributed by atoms with van der Waals surface area (Å²) in [6, 6.07) is 18.1. The van der Waals surface area contributed by atoms with Crippen LogP contribution in [-0.4, -0.2) is 18.7 Å². The van der Waals surface area contributed by atoms with Gasteiger partial charge in [-0.3, -0.25) is 4.79 Å². The summed E-state index contributed by atoms with van der Waals surface area (Å²) in [5.74, 6) is 1.58. The van der Waals surface area contributed by atoms with E-state index in [9.17, 15) is 4.79 Å². The Labute approximate surface area is 278 Å². The van der Waals surface area contributed by atoms with Gasteiger partial charge in [0.05, 0.1) is 12.2 Å². The number of fused-ring (bicyclic) bond motifs is 1. The first-order valence-electron chi connectivity index (χ1n) is 14.6. The molecule has 44 heavy (non-hydrogen) atoms. The van der Waals surface area contributed by atoms with Gasteiger partial charge in [0.1, 0.15) is 11.6 Å². The minimum absolute atomic E-state index is 0.161. The molecule has 0 bridgehead atoms. The molecule has 0 aliphatic heterocycles. The smallest absolute Gasteiger partial charge is 0.259 e. The highest BCUT2D eigenvalue weighted by molar-refractivity contribution is 7.16. The lowest BCUT2D eigenvalue weighted by atomic mass is 9.72. The summed E-state index contributed by atoms with van der Waals surface area (Å²) < 4.78 is 12.0. The number of halogens is 3. The highest BCUT2D eigenvalue weighted by atomic mass is 35.5. The van der Waals surface area contributed by atoms with Gasteiger partial charge in [-0.15, -0.1) is 11.3 Å². The zero-order valence-electron chi connectivity index (χ0n) is 25.2. The molecule has 0 fully saturated rings. The fraction of sp³-hybridized carbons (Fsp3) is 0.314. The van der Waals surface area contributed by atoms with Gasteiger partial charge in [0.25, 0.3) is 5.91 Å². The SMILES string of the molecule is CCOc1cc(C=Nc2sc3c(c2C(=O)Nc2ccc(Cl)cc2)CC[C@@H](C(C)(C)C)C3)ccc1OCc1ccc(Cl)cc1Cl. The lowest BCUT2D eigenvalue weighted by Crippen LogP contribution is -2.27. The van der Waals surface area contributed by atoms with Crippen LogP contribution < -0.4 is 14.8 Å². The summed E-state index contributed by atoms with van der Waals surface area (Å²) >= 11 is 20.0. The van der Waals surface area contributed by atoms with Crippen molar-refractivity contribution >= 4 is 68.9 Å². The number of ether oxygens (including phenoxy) is 2. The zero-order chi connectivity index (χ0) is 31.4. The minimum atomic E-state index is -0.161. The maximum atomic E-state index is 13.7. The monoisotopic (exact) mass is 668 g/mol. The molecule has 1 amide bonds. The van der Waals surface area contributed by atoms with Crippen LogP contribution in [-0.2, 0) is 19.4 Å². The van der Waals surface area contributed by atoms with Gasteiger partial charge in [0.2, 0.25) is 0 Å². The van der Waals surface area contributed by atoms with E-state index in [4.69, 9.17) is 49.3 Å². The summed E-state index contributed by atoms with van der Waals surface area (Å²) in [6.45, 7) is 9.53. The molecule has 1 N–H and O–H groups in total. The van der Waals surface area contributed by atoms with Gasteiger partial charge in [0, 0.05) is 37.4 Å². The molecule has 3 aromatic carbocycles. The number of anilines is 1. The molecule has 230 valence electrons. The predicted molar refractivity (Wildman–Crippen MR) is 184 cm³/mol. The Morgan fingerprint density at radius 3 is 2.45 bits per heavy atom. The highest BCUT2D eigenvalue weighted by Crippen LogP contribution is 2.45. The largest absolute Gasteiger partial charge is 0.490 e. The highest BCUT2D eigenvalue weighted by Gasteiger charge is 2.33. The van der Waals surface area contributed by atoms with E-state index < -0.39 is 0 Å². The van der Waals surface area contributed by atoms with Crippen molar-refractivity contribution in [1.82, 2.24) is 0 Å². The standard InChI is InChI=1S/C35H35Cl3N2O3S/c1-5-42-30-16-21(6-15-29(30)43-20-22-7-9-25(37)18-28(22)38)19-39-34-32(33(41)40-26-12-10-24(36)11-13-26)27-14-8-23(35(2,3)4)17-31(27)44-34/h6-7,9-13,15-16,18-19,23H,5,8,14,17,20H2,1-4H3,(H,40,41)/t23-/m1/s1. The average molecular weight is 670 g/mol. The van der Waals surface area contributed by atoms with Crippen LogP contribution in [0.3, 0.4) is 0 Å². The van der Waals surface area contributed by atoms with Crippen molar-refractivity contribution in [2.24, 2.45) is 16.3 Å². The fourth-order valence-electron chi connectivity index (χ4n) is 5.28.